The zero-order valence-corrected chi connectivity index (χ0v) is 18.6. The van der Waals surface area contributed by atoms with Crippen molar-refractivity contribution in [3.8, 4) is 0 Å². The summed E-state index contributed by atoms with van der Waals surface area (Å²) in [6, 6.07) is 9.93. The Balaban J connectivity index is 1.48. The second-order valence-corrected chi connectivity index (χ2v) is 8.24. The van der Waals surface area contributed by atoms with Gasteiger partial charge in [0.25, 0.3) is 0 Å². The summed E-state index contributed by atoms with van der Waals surface area (Å²) in [6.45, 7) is 2.40. The Morgan fingerprint density at radius 2 is 2.03 bits per heavy atom. The summed E-state index contributed by atoms with van der Waals surface area (Å²) in [5.74, 6) is -0.111. The first kappa shape index (κ1) is 23.5. The fourth-order valence-corrected chi connectivity index (χ4v) is 4.21. The number of nitro groups is 1. The predicted octanol–water partition coefficient (Wildman–Crippen LogP) is 2.57. The normalized spacial score (nSPS) is 23.5. The van der Waals surface area contributed by atoms with Crippen molar-refractivity contribution in [2.45, 2.75) is 44.4 Å². The maximum absolute atomic E-state index is 14.9. The molecule has 2 aromatic rings. The molecule has 0 aliphatic carbocycles. The average molecular weight is 475 g/mol. The number of piperidine rings is 1. The average Bonchev–Trinajstić information content (AvgIpc) is 3.46. The third-order valence-corrected chi connectivity index (χ3v) is 5.86. The summed E-state index contributed by atoms with van der Waals surface area (Å²) in [5, 5.41) is 17.1. The topological polar surface area (TPSA) is 130 Å². The number of furan rings is 1. The van der Waals surface area contributed by atoms with E-state index < -0.39 is 35.6 Å². The first-order valence-electron chi connectivity index (χ1n) is 11.0. The Morgan fingerprint density at radius 1 is 1.29 bits per heavy atom. The number of ether oxygens (including phenoxy) is 1. The van der Waals surface area contributed by atoms with Crippen molar-refractivity contribution < 1.29 is 28.1 Å². The van der Waals surface area contributed by atoms with Crippen LogP contribution in [0.25, 0.3) is 0 Å². The Morgan fingerprint density at radius 3 is 2.68 bits per heavy atom. The molecule has 3 heterocycles. The highest BCUT2D eigenvalue weighted by Crippen LogP contribution is 2.30. The third kappa shape index (κ3) is 5.11. The minimum atomic E-state index is -1.39. The van der Waals surface area contributed by atoms with Gasteiger partial charge in [0, 0.05) is 29.8 Å². The SMILES string of the molecule is CC(=O)NC[C@H]1CN(c2ccc(N3CCC[C@H](F)[C@H]3N[C@H](c3ccco3)[N+](=O)[O-])cc2)C(=O)O1. The number of amides is 2. The number of cyclic esters (lactones) is 1. The molecule has 2 aliphatic rings. The minimum Gasteiger partial charge on any atom is -0.460 e. The van der Waals surface area contributed by atoms with Crippen molar-refractivity contribution in [1.82, 2.24) is 10.6 Å². The Labute approximate surface area is 195 Å². The van der Waals surface area contributed by atoms with Crippen LogP contribution >= 0.6 is 0 Å². The molecule has 1 aromatic carbocycles. The Kier molecular flexibility index (Phi) is 6.96. The number of carbonyl (C=O) groups is 2. The monoisotopic (exact) mass is 475 g/mol. The van der Waals surface area contributed by atoms with Crippen LogP contribution in [-0.4, -0.2) is 55.0 Å². The van der Waals surface area contributed by atoms with Gasteiger partial charge in [-0.05, 0) is 49.2 Å². The first-order valence-corrected chi connectivity index (χ1v) is 11.0. The van der Waals surface area contributed by atoms with Crippen LogP contribution in [0.3, 0.4) is 0 Å². The number of hydrogen-bond acceptors (Lipinski definition) is 8. The van der Waals surface area contributed by atoms with Gasteiger partial charge >= 0.3 is 12.3 Å². The highest BCUT2D eigenvalue weighted by atomic mass is 19.1. The van der Waals surface area contributed by atoms with Gasteiger partial charge in [-0.2, -0.15) is 0 Å². The van der Waals surface area contributed by atoms with Crippen LogP contribution in [0.15, 0.2) is 47.1 Å². The Hall–Kier alpha value is -3.67. The van der Waals surface area contributed by atoms with Gasteiger partial charge in [-0.3, -0.25) is 19.8 Å². The van der Waals surface area contributed by atoms with Gasteiger partial charge in [0.15, 0.2) is 5.76 Å². The zero-order valence-electron chi connectivity index (χ0n) is 18.6. The van der Waals surface area contributed by atoms with Gasteiger partial charge < -0.3 is 19.4 Å². The van der Waals surface area contributed by atoms with Crippen molar-refractivity contribution in [1.29, 1.82) is 0 Å². The molecule has 182 valence electrons. The van der Waals surface area contributed by atoms with E-state index in [1.165, 1.54) is 24.2 Å². The quantitative estimate of drug-likeness (QED) is 0.339. The first-order chi connectivity index (χ1) is 16.3. The van der Waals surface area contributed by atoms with Crippen molar-refractivity contribution in [3.63, 3.8) is 0 Å². The van der Waals surface area contributed by atoms with E-state index in [-0.39, 0.29) is 31.2 Å². The fraction of sp³-hybridized carbons (Fsp3) is 0.455. The van der Waals surface area contributed by atoms with Crippen LogP contribution in [-0.2, 0) is 9.53 Å². The van der Waals surface area contributed by atoms with Crippen LogP contribution in [0.5, 0.6) is 0 Å². The molecule has 1 aromatic heterocycles. The number of anilines is 2. The number of alkyl halides is 1. The summed E-state index contributed by atoms with van der Waals surface area (Å²) in [5.41, 5.74) is 1.25. The summed E-state index contributed by atoms with van der Waals surface area (Å²) in [7, 11) is 0. The van der Waals surface area contributed by atoms with Crippen LogP contribution in [0.1, 0.15) is 31.7 Å². The standard InChI is InChI=1S/C22H26FN5O6/c1-14(29)24-12-17-13-27(22(30)34-17)16-8-6-15(7-9-16)26-10-2-4-18(23)20(26)25-21(28(31)32)19-5-3-11-33-19/h3,5-9,11,17-18,20-21,25H,2,4,10,12-13H2,1H3,(H,24,29)/t17-,18-,20-,21-/m0/s1. The van der Waals surface area contributed by atoms with Crippen LogP contribution in [0.2, 0.25) is 0 Å². The molecule has 4 rings (SSSR count). The lowest BCUT2D eigenvalue weighted by Gasteiger charge is -2.40. The second kappa shape index (κ2) is 10.1. The number of halogens is 1. The number of nitrogens with zero attached hydrogens (tertiary/aromatic N) is 3. The molecule has 0 unspecified atom stereocenters. The van der Waals surface area contributed by atoms with E-state index in [0.717, 1.165) is 0 Å². The van der Waals surface area contributed by atoms with Crippen LogP contribution in [0, 0.1) is 10.1 Å². The molecule has 0 bridgehead atoms. The van der Waals surface area contributed by atoms with Crippen LogP contribution < -0.4 is 20.4 Å². The van der Waals surface area contributed by atoms with E-state index >= 15 is 0 Å². The third-order valence-electron chi connectivity index (χ3n) is 5.86. The molecule has 2 aliphatic heterocycles. The van der Waals surface area contributed by atoms with E-state index in [9.17, 15) is 24.1 Å². The van der Waals surface area contributed by atoms with E-state index in [1.54, 1.807) is 35.2 Å². The number of benzene rings is 1. The van der Waals surface area contributed by atoms with E-state index in [1.807, 2.05) is 0 Å². The molecule has 34 heavy (non-hydrogen) atoms. The molecule has 2 N–H and O–H groups in total. The zero-order chi connectivity index (χ0) is 24.2. The molecule has 2 saturated heterocycles. The minimum absolute atomic E-state index is 0.0967. The van der Waals surface area contributed by atoms with E-state index in [4.69, 9.17) is 9.15 Å². The summed E-state index contributed by atoms with van der Waals surface area (Å²) < 4.78 is 25.4. The van der Waals surface area contributed by atoms with Crippen molar-refractivity contribution in [2.24, 2.45) is 0 Å². The predicted molar refractivity (Wildman–Crippen MR) is 120 cm³/mol. The number of nitrogens with one attached hydrogen (secondary N) is 2. The molecular weight excluding hydrogens is 449 g/mol. The lowest BCUT2D eigenvalue weighted by atomic mass is 10.0. The lowest BCUT2D eigenvalue weighted by Crippen LogP contribution is -2.57. The largest absolute Gasteiger partial charge is 0.460 e. The molecule has 2 amide bonds. The molecule has 11 nitrogen and oxygen atoms in total. The van der Waals surface area contributed by atoms with Gasteiger partial charge in [-0.15, -0.1) is 0 Å². The van der Waals surface area contributed by atoms with Gasteiger partial charge in [0.2, 0.25) is 5.91 Å². The van der Waals surface area contributed by atoms with Gasteiger partial charge in [-0.1, -0.05) is 0 Å². The van der Waals surface area contributed by atoms with Gasteiger partial charge in [0.1, 0.15) is 18.4 Å². The Bertz CT molecular complexity index is 1020. The molecule has 0 spiro atoms. The van der Waals surface area contributed by atoms with E-state index in [2.05, 4.69) is 10.6 Å². The van der Waals surface area contributed by atoms with Gasteiger partial charge in [-0.25, -0.2) is 14.5 Å². The fourth-order valence-electron chi connectivity index (χ4n) is 4.21. The van der Waals surface area contributed by atoms with Crippen molar-refractivity contribution >= 4 is 23.4 Å². The van der Waals surface area contributed by atoms with E-state index in [0.29, 0.717) is 24.3 Å². The second-order valence-electron chi connectivity index (χ2n) is 8.24. The smallest absolute Gasteiger partial charge is 0.414 e. The highest BCUT2D eigenvalue weighted by Gasteiger charge is 2.38. The lowest BCUT2D eigenvalue weighted by molar-refractivity contribution is -0.540. The number of rotatable bonds is 8. The van der Waals surface area contributed by atoms with Gasteiger partial charge in [0.05, 0.1) is 19.4 Å². The summed E-state index contributed by atoms with van der Waals surface area (Å²) >= 11 is 0. The maximum Gasteiger partial charge on any atom is 0.414 e. The number of hydrogen-bond donors (Lipinski definition) is 2. The molecule has 0 radical (unpaired) electrons. The molecular formula is C22H26FN5O6. The van der Waals surface area contributed by atoms with Crippen LogP contribution in [0.4, 0.5) is 20.6 Å². The summed E-state index contributed by atoms with van der Waals surface area (Å²) in [4.78, 5) is 37.6. The molecule has 12 heteroatoms. The van der Waals surface area contributed by atoms with Crippen molar-refractivity contribution in [2.75, 3.05) is 29.4 Å². The number of carbonyl (C=O) groups excluding carboxylic acids is 2. The maximum atomic E-state index is 14.9. The molecule has 0 saturated carbocycles. The van der Waals surface area contributed by atoms with Crippen molar-refractivity contribution in [3.05, 3.63) is 58.5 Å². The molecule has 4 atom stereocenters. The summed E-state index contributed by atoms with van der Waals surface area (Å²) in [6.07, 6.45) is -2.41. The molecule has 2 fully saturated rings. The highest BCUT2D eigenvalue weighted by molar-refractivity contribution is 5.90.